The van der Waals surface area contributed by atoms with E-state index in [9.17, 15) is 19.1 Å². The smallest absolute Gasteiger partial charge is 0.255 e. The molecule has 8 nitrogen and oxygen atoms in total. The second-order valence-corrected chi connectivity index (χ2v) is 8.15. The third-order valence-electron chi connectivity index (χ3n) is 5.28. The number of carbonyl (C=O) groups is 2. The SMILES string of the molecule is CC[C@@H]1[C@H](F)C(=O)N[C@@H]1COc1ncc(C#CC(C)(C)O)c2cc(C(N)=O)c(OC)cc12. The van der Waals surface area contributed by atoms with E-state index in [1.807, 2.05) is 6.92 Å². The topological polar surface area (TPSA) is 124 Å². The van der Waals surface area contributed by atoms with Crippen LogP contribution in [0.5, 0.6) is 11.6 Å². The molecule has 3 rings (SSSR count). The predicted octanol–water partition coefficient (Wildman–Crippen LogP) is 1.71. The zero-order valence-electron chi connectivity index (χ0n) is 18.4. The van der Waals surface area contributed by atoms with Crippen molar-refractivity contribution in [2.75, 3.05) is 13.7 Å². The van der Waals surface area contributed by atoms with Gasteiger partial charge in [0.2, 0.25) is 5.88 Å². The average Bonchev–Trinajstić information content (AvgIpc) is 3.01. The van der Waals surface area contributed by atoms with Gasteiger partial charge in [-0.05, 0) is 32.4 Å². The van der Waals surface area contributed by atoms with Crippen LogP contribution in [0.4, 0.5) is 4.39 Å². The van der Waals surface area contributed by atoms with E-state index in [0.717, 1.165) is 0 Å². The first-order chi connectivity index (χ1) is 15.1. The van der Waals surface area contributed by atoms with Crippen LogP contribution in [0.15, 0.2) is 18.3 Å². The van der Waals surface area contributed by atoms with E-state index in [1.165, 1.54) is 19.4 Å². The number of hydrogen-bond donors (Lipinski definition) is 3. The molecule has 2 amide bonds. The first-order valence-corrected chi connectivity index (χ1v) is 10.2. The molecular formula is C23H26FN3O5. The zero-order chi connectivity index (χ0) is 23.6. The van der Waals surface area contributed by atoms with Crippen LogP contribution in [0, 0.1) is 17.8 Å². The van der Waals surface area contributed by atoms with Crippen LogP contribution in [-0.4, -0.2) is 53.4 Å². The van der Waals surface area contributed by atoms with Gasteiger partial charge in [0.05, 0.1) is 24.3 Å². The van der Waals surface area contributed by atoms with Gasteiger partial charge in [-0.25, -0.2) is 9.37 Å². The van der Waals surface area contributed by atoms with Crippen LogP contribution in [0.25, 0.3) is 10.8 Å². The number of nitrogens with two attached hydrogens (primary N) is 1. The molecule has 3 atom stereocenters. The number of methoxy groups -OCH3 is 1. The number of aromatic nitrogens is 1. The number of pyridine rings is 1. The number of aliphatic hydroxyl groups is 1. The second-order valence-electron chi connectivity index (χ2n) is 8.15. The van der Waals surface area contributed by atoms with Gasteiger partial charge in [-0.1, -0.05) is 18.8 Å². The Morgan fingerprint density at radius 1 is 1.38 bits per heavy atom. The first kappa shape index (κ1) is 23.3. The molecular weight excluding hydrogens is 417 g/mol. The minimum absolute atomic E-state index is 0.0152. The van der Waals surface area contributed by atoms with E-state index in [2.05, 4.69) is 22.1 Å². The highest BCUT2D eigenvalue weighted by atomic mass is 19.1. The number of rotatable bonds is 6. The lowest BCUT2D eigenvalue weighted by Crippen LogP contribution is -2.34. The Hall–Kier alpha value is -3.38. The monoisotopic (exact) mass is 443 g/mol. The number of hydrogen-bond acceptors (Lipinski definition) is 6. The third kappa shape index (κ3) is 4.75. The van der Waals surface area contributed by atoms with Crippen molar-refractivity contribution in [3.05, 3.63) is 29.5 Å². The Bertz CT molecular complexity index is 1120. The Morgan fingerprint density at radius 3 is 2.69 bits per heavy atom. The Morgan fingerprint density at radius 2 is 2.09 bits per heavy atom. The van der Waals surface area contributed by atoms with Gasteiger partial charge < -0.3 is 25.6 Å². The highest BCUT2D eigenvalue weighted by molar-refractivity contribution is 6.03. The van der Waals surface area contributed by atoms with Gasteiger partial charge in [-0.3, -0.25) is 9.59 Å². The summed E-state index contributed by atoms with van der Waals surface area (Å²) in [4.78, 5) is 27.9. The molecule has 2 aromatic rings. The maximum absolute atomic E-state index is 14.1. The quantitative estimate of drug-likeness (QED) is 0.584. The maximum atomic E-state index is 14.1. The first-order valence-electron chi connectivity index (χ1n) is 10.2. The van der Waals surface area contributed by atoms with Crippen molar-refractivity contribution in [3.8, 4) is 23.5 Å². The summed E-state index contributed by atoms with van der Waals surface area (Å²) in [5, 5.41) is 13.6. The molecule has 1 saturated heterocycles. The number of carbonyl (C=O) groups excluding carboxylic acids is 2. The Balaban J connectivity index is 2.06. The molecule has 0 radical (unpaired) electrons. The summed E-state index contributed by atoms with van der Waals surface area (Å²) in [6.45, 7) is 4.91. The Kier molecular flexibility index (Phi) is 6.55. The van der Waals surface area contributed by atoms with Crippen molar-refractivity contribution in [1.82, 2.24) is 10.3 Å². The highest BCUT2D eigenvalue weighted by Crippen LogP contribution is 2.33. The molecule has 4 N–H and O–H groups in total. The molecule has 0 bridgehead atoms. The van der Waals surface area contributed by atoms with Crippen LogP contribution in [0.2, 0.25) is 0 Å². The predicted molar refractivity (Wildman–Crippen MR) is 116 cm³/mol. The zero-order valence-corrected chi connectivity index (χ0v) is 18.4. The van der Waals surface area contributed by atoms with Gasteiger partial charge in [0.1, 0.15) is 18.0 Å². The van der Waals surface area contributed by atoms with Crippen molar-refractivity contribution >= 4 is 22.6 Å². The number of halogens is 1. The fourth-order valence-electron chi connectivity index (χ4n) is 3.63. The molecule has 1 aliphatic rings. The summed E-state index contributed by atoms with van der Waals surface area (Å²) in [6.07, 6.45) is 0.357. The summed E-state index contributed by atoms with van der Waals surface area (Å²) in [7, 11) is 1.40. The summed E-state index contributed by atoms with van der Waals surface area (Å²) in [5.74, 6) is 4.19. The van der Waals surface area contributed by atoms with Crippen LogP contribution in [0.1, 0.15) is 43.1 Å². The van der Waals surface area contributed by atoms with Gasteiger partial charge in [0, 0.05) is 22.9 Å². The molecule has 170 valence electrons. The van der Waals surface area contributed by atoms with Crippen molar-refractivity contribution in [3.63, 3.8) is 0 Å². The summed E-state index contributed by atoms with van der Waals surface area (Å²) >= 11 is 0. The van der Waals surface area contributed by atoms with Crippen LogP contribution in [-0.2, 0) is 4.79 Å². The molecule has 1 aliphatic heterocycles. The molecule has 0 aliphatic carbocycles. The molecule has 1 aromatic heterocycles. The normalized spacial score (nSPS) is 20.4. The van der Waals surface area contributed by atoms with E-state index in [-0.39, 0.29) is 23.8 Å². The number of alkyl halides is 1. The lowest BCUT2D eigenvalue weighted by atomic mass is 9.97. The lowest BCUT2D eigenvalue weighted by molar-refractivity contribution is -0.123. The van der Waals surface area contributed by atoms with Crippen molar-refractivity contribution < 1.29 is 28.6 Å². The minimum atomic E-state index is -1.57. The second kappa shape index (κ2) is 9.01. The van der Waals surface area contributed by atoms with E-state index < -0.39 is 35.5 Å². The van der Waals surface area contributed by atoms with Crippen LogP contribution in [0.3, 0.4) is 0 Å². The lowest BCUT2D eigenvalue weighted by Gasteiger charge is -2.19. The molecule has 2 heterocycles. The molecule has 9 heteroatoms. The fraction of sp³-hybridized carbons (Fsp3) is 0.435. The van der Waals surface area contributed by atoms with E-state index in [4.69, 9.17) is 15.2 Å². The largest absolute Gasteiger partial charge is 0.496 e. The molecule has 0 saturated carbocycles. The van der Waals surface area contributed by atoms with Gasteiger partial charge in [0.25, 0.3) is 11.8 Å². The molecule has 1 fully saturated rings. The third-order valence-corrected chi connectivity index (χ3v) is 5.28. The van der Waals surface area contributed by atoms with E-state index in [1.54, 1.807) is 19.9 Å². The average molecular weight is 443 g/mol. The standard InChI is InChI=1S/C23H26FN3O5/c1-5-13-17(27-21(29)19(13)24)11-32-22-15-9-18(31-4)16(20(25)28)8-14(15)12(10-26-22)6-7-23(2,3)30/h8-10,13,17,19,30H,5,11H2,1-4H3,(H2,25,28)(H,27,29)/t13-,17+,19-/m0/s1. The van der Waals surface area contributed by atoms with Crippen molar-refractivity contribution in [1.29, 1.82) is 0 Å². The molecule has 32 heavy (non-hydrogen) atoms. The molecule has 0 unspecified atom stereocenters. The van der Waals surface area contributed by atoms with Gasteiger partial charge in [0.15, 0.2) is 6.17 Å². The number of nitrogens with zero attached hydrogens (tertiary/aromatic N) is 1. The maximum Gasteiger partial charge on any atom is 0.255 e. The minimum Gasteiger partial charge on any atom is -0.496 e. The number of benzene rings is 1. The summed E-state index contributed by atoms with van der Waals surface area (Å²) in [5.41, 5.74) is 4.86. The van der Waals surface area contributed by atoms with Crippen molar-refractivity contribution in [2.45, 2.75) is 45.0 Å². The summed E-state index contributed by atoms with van der Waals surface area (Å²) < 4.78 is 25.3. The van der Waals surface area contributed by atoms with Crippen molar-refractivity contribution in [2.24, 2.45) is 11.7 Å². The van der Waals surface area contributed by atoms with Gasteiger partial charge in [-0.15, -0.1) is 0 Å². The van der Waals surface area contributed by atoms with E-state index >= 15 is 0 Å². The molecule has 0 spiro atoms. The van der Waals surface area contributed by atoms with Crippen LogP contribution >= 0.6 is 0 Å². The summed E-state index contributed by atoms with van der Waals surface area (Å²) in [6, 6.07) is 2.60. The van der Waals surface area contributed by atoms with Gasteiger partial charge >= 0.3 is 0 Å². The van der Waals surface area contributed by atoms with Crippen LogP contribution < -0.4 is 20.5 Å². The number of amides is 2. The molecule has 1 aromatic carbocycles. The Labute approximate surface area is 185 Å². The number of nitrogens with one attached hydrogen (secondary N) is 1. The number of ether oxygens (including phenoxy) is 2. The van der Waals surface area contributed by atoms with Gasteiger partial charge in [-0.2, -0.15) is 0 Å². The van der Waals surface area contributed by atoms with E-state index in [0.29, 0.717) is 22.8 Å². The fourth-order valence-corrected chi connectivity index (χ4v) is 3.63. The highest BCUT2D eigenvalue weighted by Gasteiger charge is 2.41. The number of primary amides is 1. The number of fused-ring (bicyclic) bond motifs is 1.